The van der Waals surface area contributed by atoms with E-state index in [2.05, 4.69) is 15.9 Å². The Kier molecular flexibility index (Phi) is 8.67. The first-order chi connectivity index (χ1) is 17.7. The molecule has 0 spiro atoms. The van der Waals surface area contributed by atoms with Crippen molar-refractivity contribution in [3.63, 3.8) is 0 Å². The number of halogens is 3. The average Bonchev–Trinajstić information content (AvgIpc) is 3.34. The number of nitrogens with zero attached hydrogens (tertiary/aromatic N) is 2. The SMILES string of the molecule is COc1ccc(C)c(C2CCCN2C(=O)C(=O)N(C)Cc2ccc(Br)cc2Oc2cc(Cl)cc(Cl)c2)c1. The summed E-state index contributed by atoms with van der Waals surface area (Å²) in [7, 11) is 3.23. The van der Waals surface area contributed by atoms with Crippen LogP contribution in [0.15, 0.2) is 59.1 Å². The van der Waals surface area contributed by atoms with E-state index in [0.29, 0.717) is 28.1 Å². The lowest BCUT2D eigenvalue weighted by Gasteiger charge is -2.28. The molecule has 6 nitrogen and oxygen atoms in total. The van der Waals surface area contributed by atoms with Gasteiger partial charge in [0.1, 0.15) is 17.2 Å². The van der Waals surface area contributed by atoms with Crippen molar-refractivity contribution in [1.29, 1.82) is 0 Å². The van der Waals surface area contributed by atoms with E-state index >= 15 is 0 Å². The number of likely N-dealkylation sites (tertiary alicyclic amines) is 1. The van der Waals surface area contributed by atoms with Crippen LogP contribution in [0.3, 0.4) is 0 Å². The molecule has 0 bridgehead atoms. The molecule has 3 aromatic rings. The Labute approximate surface area is 235 Å². The van der Waals surface area contributed by atoms with Crippen LogP contribution in [0.4, 0.5) is 0 Å². The van der Waals surface area contributed by atoms with Crippen LogP contribution in [0, 0.1) is 6.92 Å². The third kappa shape index (κ3) is 6.40. The summed E-state index contributed by atoms with van der Waals surface area (Å²) in [5.41, 5.74) is 2.79. The van der Waals surface area contributed by atoms with Crippen molar-refractivity contribution in [3.8, 4) is 17.2 Å². The van der Waals surface area contributed by atoms with Gasteiger partial charge in [0.25, 0.3) is 0 Å². The van der Waals surface area contributed by atoms with Crippen LogP contribution in [0.25, 0.3) is 0 Å². The van der Waals surface area contributed by atoms with Gasteiger partial charge in [-0.1, -0.05) is 51.3 Å². The second-order valence-corrected chi connectivity index (χ2v) is 10.8. The van der Waals surface area contributed by atoms with E-state index in [1.807, 2.05) is 37.3 Å². The molecule has 0 saturated carbocycles. The number of benzene rings is 3. The predicted molar refractivity (Wildman–Crippen MR) is 149 cm³/mol. The lowest BCUT2D eigenvalue weighted by molar-refractivity contribution is -0.152. The van der Waals surface area contributed by atoms with Gasteiger partial charge in [-0.05, 0) is 73.4 Å². The zero-order chi connectivity index (χ0) is 26.7. The first kappa shape index (κ1) is 27.3. The van der Waals surface area contributed by atoms with Gasteiger partial charge < -0.3 is 19.3 Å². The third-order valence-electron chi connectivity index (χ3n) is 6.39. The maximum Gasteiger partial charge on any atom is 0.312 e. The lowest BCUT2D eigenvalue weighted by atomic mass is 9.99. The lowest BCUT2D eigenvalue weighted by Crippen LogP contribution is -2.43. The molecule has 2 amide bonds. The van der Waals surface area contributed by atoms with Gasteiger partial charge in [0.15, 0.2) is 0 Å². The van der Waals surface area contributed by atoms with Crippen molar-refractivity contribution in [2.75, 3.05) is 20.7 Å². The molecule has 1 saturated heterocycles. The van der Waals surface area contributed by atoms with Crippen LogP contribution in [-0.4, -0.2) is 42.3 Å². The Morgan fingerprint density at radius 1 is 1.05 bits per heavy atom. The van der Waals surface area contributed by atoms with Crippen molar-refractivity contribution >= 4 is 50.9 Å². The maximum absolute atomic E-state index is 13.4. The van der Waals surface area contributed by atoms with E-state index < -0.39 is 11.8 Å². The number of amides is 2. The molecule has 1 unspecified atom stereocenters. The van der Waals surface area contributed by atoms with Crippen LogP contribution >= 0.6 is 39.1 Å². The fraction of sp³-hybridized carbons (Fsp3) is 0.286. The van der Waals surface area contributed by atoms with Crippen LogP contribution in [0.5, 0.6) is 17.2 Å². The number of hydrogen-bond donors (Lipinski definition) is 0. The highest BCUT2D eigenvalue weighted by atomic mass is 79.9. The standard InChI is InChI=1S/C28H27BrCl2N2O4/c1-17-6-9-22(36-3)15-24(17)25-5-4-10-33(25)28(35)27(34)32(2)16-18-7-8-19(29)11-26(18)37-23-13-20(30)12-21(31)14-23/h6-9,11-15,25H,4-5,10,16H2,1-3H3. The highest BCUT2D eigenvalue weighted by Crippen LogP contribution is 2.36. The Balaban J connectivity index is 1.52. The Morgan fingerprint density at radius 3 is 2.49 bits per heavy atom. The summed E-state index contributed by atoms with van der Waals surface area (Å²) in [6, 6.07) is 16.1. The van der Waals surface area contributed by atoms with Crippen LogP contribution in [0.2, 0.25) is 10.0 Å². The molecule has 0 N–H and O–H groups in total. The van der Waals surface area contributed by atoms with E-state index in [9.17, 15) is 9.59 Å². The number of carbonyl (C=O) groups is 2. The number of ether oxygens (including phenoxy) is 2. The normalized spacial score (nSPS) is 15.0. The molecule has 3 aromatic carbocycles. The highest BCUT2D eigenvalue weighted by molar-refractivity contribution is 9.10. The molecule has 1 fully saturated rings. The Hall–Kier alpha value is -2.74. The highest BCUT2D eigenvalue weighted by Gasteiger charge is 2.35. The van der Waals surface area contributed by atoms with Crippen molar-refractivity contribution in [2.45, 2.75) is 32.4 Å². The quantitative estimate of drug-likeness (QED) is 0.279. The third-order valence-corrected chi connectivity index (χ3v) is 7.32. The largest absolute Gasteiger partial charge is 0.497 e. The molecule has 1 aliphatic rings. The molecule has 194 valence electrons. The fourth-order valence-electron chi connectivity index (χ4n) is 4.52. The van der Waals surface area contributed by atoms with Gasteiger partial charge in [0.2, 0.25) is 0 Å². The topological polar surface area (TPSA) is 59.1 Å². The minimum absolute atomic E-state index is 0.167. The smallest absolute Gasteiger partial charge is 0.312 e. The van der Waals surface area contributed by atoms with E-state index in [4.69, 9.17) is 32.7 Å². The van der Waals surface area contributed by atoms with E-state index in [0.717, 1.165) is 39.8 Å². The zero-order valence-corrected chi connectivity index (χ0v) is 23.9. The molecule has 0 radical (unpaired) electrons. The van der Waals surface area contributed by atoms with Gasteiger partial charge in [-0.2, -0.15) is 0 Å². The molecule has 0 aromatic heterocycles. The van der Waals surface area contributed by atoms with Crippen LogP contribution in [-0.2, 0) is 16.1 Å². The summed E-state index contributed by atoms with van der Waals surface area (Å²) in [6.07, 6.45) is 1.63. The number of methoxy groups -OCH3 is 1. The molecular weight excluding hydrogens is 579 g/mol. The predicted octanol–water partition coefficient (Wildman–Crippen LogP) is 7.19. The summed E-state index contributed by atoms with van der Waals surface area (Å²) in [6.45, 7) is 2.71. The first-order valence-electron chi connectivity index (χ1n) is 11.8. The minimum Gasteiger partial charge on any atom is -0.497 e. The second kappa shape index (κ2) is 11.8. The molecule has 37 heavy (non-hydrogen) atoms. The summed E-state index contributed by atoms with van der Waals surface area (Å²) < 4.78 is 12.2. The summed E-state index contributed by atoms with van der Waals surface area (Å²) in [4.78, 5) is 29.7. The number of aryl methyl sites for hydroxylation is 1. The maximum atomic E-state index is 13.4. The van der Waals surface area contributed by atoms with Crippen molar-refractivity contribution in [3.05, 3.63) is 85.8 Å². The van der Waals surface area contributed by atoms with E-state index in [1.54, 1.807) is 43.3 Å². The summed E-state index contributed by atoms with van der Waals surface area (Å²) in [5, 5.41) is 0.895. The average molecular weight is 606 g/mol. The molecule has 1 heterocycles. The van der Waals surface area contributed by atoms with E-state index in [-0.39, 0.29) is 12.6 Å². The molecule has 0 aliphatic carbocycles. The van der Waals surface area contributed by atoms with E-state index in [1.165, 1.54) is 4.90 Å². The number of likely N-dealkylation sites (N-methyl/N-ethyl adjacent to an activating group) is 1. The van der Waals surface area contributed by atoms with Gasteiger partial charge in [-0.15, -0.1) is 0 Å². The number of rotatable bonds is 6. The zero-order valence-electron chi connectivity index (χ0n) is 20.8. The van der Waals surface area contributed by atoms with Crippen LogP contribution in [0.1, 0.15) is 35.6 Å². The van der Waals surface area contributed by atoms with Gasteiger partial charge in [0.05, 0.1) is 13.2 Å². The Morgan fingerprint density at radius 2 is 1.78 bits per heavy atom. The number of carbonyl (C=O) groups excluding carboxylic acids is 2. The Bertz CT molecular complexity index is 1310. The molecular formula is C28H27BrCl2N2O4. The molecule has 1 aliphatic heterocycles. The minimum atomic E-state index is -0.577. The van der Waals surface area contributed by atoms with Crippen molar-refractivity contribution < 1.29 is 19.1 Å². The van der Waals surface area contributed by atoms with Crippen molar-refractivity contribution in [2.24, 2.45) is 0 Å². The second-order valence-electron chi connectivity index (χ2n) is 9.00. The summed E-state index contributed by atoms with van der Waals surface area (Å²) in [5.74, 6) is 0.619. The molecule has 4 rings (SSSR count). The van der Waals surface area contributed by atoms with Gasteiger partial charge in [-0.25, -0.2) is 0 Å². The van der Waals surface area contributed by atoms with Crippen LogP contribution < -0.4 is 9.47 Å². The van der Waals surface area contributed by atoms with Gasteiger partial charge in [-0.3, -0.25) is 9.59 Å². The number of hydrogen-bond acceptors (Lipinski definition) is 4. The van der Waals surface area contributed by atoms with Crippen molar-refractivity contribution in [1.82, 2.24) is 9.80 Å². The first-order valence-corrected chi connectivity index (χ1v) is 13.3. The fourth-order valence-corrected chi connectivity index (χ4v) is 5.37. The van der Waals surface area contributed by atoms with Gasteiger partial charge >= 0.3 is 11.8 Å². The molecule has 1 atom stereocenters. The van der Waals surface area contributed by atoms with Gasteiger partial charge in [0, 0.05) is 40.2 Å². The molecule has 9 heteroatoms. The summed E-state index contributed by atoms with van der Waals surface area (Å²) >= 11 is 15.7. The monoisotopic (exact) mass is 604 g/mol.